The molecule has 1 atom stereocenters. The summed E-state index contributed by atoms with van der Waals surface area (Å²) in [7, 11) is -3.80. The molecule has 0 radical (unpaired) electrons. The van der Waals surface area contributed by atoms with Crippen LogP contribution in [0.3, 0.4) is 0 Å². The molecule has 1 saturated heterocycles. The number of rotatable bonds is 5. The third-order valence-electron chi connectivity index (χ3n) is 3.75. The fraction of sp³-hybridized carbons (Fsp3) is 0.375. The summed E-state index contributed by atoms with van der Waals surface area (Å²) in [6.45, 7) is 3.40. The van der Waals surface area contributed by atoms with E-state index in [1.165, 1.54) is 12.1 Å². The number of anilines is 1. The van der Waals surface area contributed by atoms with Crippen LogP contribution in [0.4, 0.5) is 5.95 Å². The lowest BCUT2D eigenvalue weighted by Gasteiger charge is -2.32. The summed E-state index contributed by atoms with van der Waals surface area (Å²) >= 11 is 3.30. The highest BCUT2D eigenvalue weighted by Gasteiger charge is 2.25. The molecule has 0 bridgehead atoms. The van der Waals surface area contributed by atoms with Gasteiger partial charge in [-0.3, -0.25) is 4.18 Å². The summed E-state index contributed by atoms with van der Waals surface area (Å²) in [5.74, 6) is 0.581. The van der Waals surface area contributed by atoms with Crippen LogP contribution in [-0.4, -0.2) is 50.8 Å². The molecule has 2 aromatic rings. The van der Waals surface area contributed by atoms with E-state index in [0.717, 1.165) is 10.0 Å². The molecular weight excluding hydrogens is 410 g/mol. The van der Waals surface area contributed by atoms with Crippen molar-refractivity contribution in [3.8, 4) is 0 Å². The molecule has 2 heterocycles. The number of ether oxygens (including phenoxy) is 1. The Morgan fingerprint density at radius 1 is 1.28 bits per heavy atom. The highest BCUT2D eigenvalue weighted by atomic mass is 79.9. The first kappa shape index (κ1) is 18.2. The zero-order valence-corrected chi connectivity index (χ0v) is 16.0. The van der Waals surface area contributed by atoms with E-state index in [4.69, 9.17) is 8.92 Å². The number of morpholine rings is 1. The number of aryl methyl sites for hydroxylation is 1. The number of benzene rings is 1. The van der Waals surface area contributed by atoms with Gasteiger partial charge in [-0.15, -0.1) is 0 Å². The first-order chi connectivity index (χ1) is 11.9. The molecule has 0 saturated carbocycles. The van der Waals surface area contributed by atoms with Gasteiger partial charge in [-0.05, 0) is 35.0 Å². The maximum absolute atomic E-state index is 12.3. The van der Waals surface area contributed by atoms with Crippen LogP contribution in [0.15, 0.2) is 46.0 Å². The predicted molar refractivity (Wildman–Crippen MR) is 96.0 cm³/mol. The third kappa shape index (κ3) is 4.75. The second kappa shape index (κ2) is 7.77. The number of hydrogen-bond donors (Lipinski definition) is 0. The molecule has 1 fully saturated rings. The van der Waals surface area contributed by atoms with Crippen LogP contribution >= 0.6 is 15.9 Å². The Bertz CT molecular complexity index is 812. The fourth-order valence-electron chi connectivity index (χ4n) is 2.41. The summed E-state index contributed by atoms with van der Waals surface area (Å²) in [6, 6.07) is 6.54. The van der Waals surface area contributed by atoms with Gasteiger partial charge in [0.05, 0.1) is 28.7 Å². The van der Waals surface area contributed by atoms with Crippen molar-refractivity contribution in [2.24, 2.45) is 0 Å². The molecule has 1 aromatic carbocycles. The van der Waals surface area contributed by atoms with E-state index in [1.807, 2.05) is 11.8 Å². The monoisotopic (exact) mass is 427 g/mol. The Morgan fingerprint density at radius 3 is 2.64 bits per heavy atom. The Labute approximate surface area is 155 Å². The highest BCUT2D eigenvalue weighted by molar-refractivity contribution is 9.10. The van der Waals surface area contributed by atoms with E-state index in [2.05, 4.69) is 25.9 Å². The molecule has 3 rings (SSSR count). The maximum Gasteiger partial charge on any atom is 0.297 e. The lowest BCUT2D eigenvalue weighted by atomic mass is 10.2. The van der Waals surface area contributed by atoms with Gasteiger partial charge in [-0.2, -0.15) is 8.42 Å². The molecular formula is C16H18BrN3O4S. The lowest BCUT2D eigenvalue weighted by molar-refractivity contribution is 0.0113. The zero-order valence-electron chi connectivity index (χ0n) is 13.6. The van der Waals surface area contributed by atoms with Crippen LogP contribution < -0.4 is 4.90 Å². The van der Waals surface area contributed by atoms with Crippen LogP contribution in [0, 0.1) is 6.92 Å². The number of hydrogen-bond acceptors (Lipinski definition) is 7. The fourth-order valence-corrected chi connectivity index (χ4v) is 3.55. The predicted octanol–water partition coefficient (Wildman–Crippen LogP) is 2.16. The molecule has 1 aliphatic heterocycles. The van der Waals surface area contributed by atoms with Crippen molar-refractivity contribution >= 4 is 32.0 Å². The van der Waals surface area contributed by atoms with Crippen LogP contribution in [0.25, 0.3) is 0 Å². The summed E-state index contributed by atoms with van der Waals surface area (Å²) < 4.78 is 36.1. The molecule has 0 N–H and O–H groups in total. The van der Waals surface area contributed by atoms with E-state index in [-0.39, 0.29) is 17.6 Å². The van der Waals surface area contributed by atoms with Gasteiger partial charge in [0.2, 0.25) is 5.95 Å². The normalized spacial score (nSPS) is 18.3. The highest BCUT2D eigenvalue weighted by Crippen LogP contribution is 2.17. The Balaban J connectivity index is 1.61. The summed E-state index contributed by atoms with van der Waals surface area (Å²) in [5, 5.41) is 0. The van der Waals surface area contributed by atoms with Gasteiger partial charge in [0.1, 0.15) is 0 Å². The Kier molecular flexibility index (Phi) is 5.67. The SMILES string of the molecule is Cc1ccc(S(=O)(=O)OC[C@@H]2CN(c3ncc(Br)cn3)CCO2)cc1. The van der Waals surface area contributed by atoms with Gasteiger partial charge >= 0.3 is 0 Å². The largest absolute Gasteiger partial charge is 0.372 e. The average molecular weight is 428 g/mol. The number of aromatic nitrogens is 2. The maximum atomic E-state index is 12.3. The zero-order chi connectivity index (χ0) is 17.9. The minimum absolute atomic E-state index is 0.0523. The topological polar surface area (TPSA) is 81.6 Å². The standard InChI is InChI=1S/C16H18BrN3O4S/c1-12-2-4-15(5-3-12)25(21,22)24-11-14-10-20(6-7-23-14)16-18-8-13(17)9-19-16/h2-5,8-9,14H,6-7,10-11H2,1H3/t14-/m0/s1. The van der Waals surface area contributed by atoms with Gasteiger partial charge in [-0.25, -0.2) is 9.97 Å². The van der Waals surface area contributed by atoms with Gasteiger partial charge in [0.15, 0.2) is 0 Å². The molecule has 0 aliphatic carbocycles. The number of nitrogens with zero attached hydrogens (tertiary/aromatic N) is 3. The Morgan fingerprint density at radius 2 is 1.96 bits per heavy atom. The lowest BCUT2D eigenvalue weighted by Crippen LogP contribution is -2.45. The van der Waals surface area contributed by atoms with Crippen LogP contribution in [0.5, 0.6) is 0 Å². The van der Waals surface area contributed by atoms with Gasteiger partial charge in [0, 0.05) is 25.5 Å². The smallest absolute Gasteiger partial charge is 0.297 e. The van der Waals surface area contributed by atoms with Crippen molar-refractivity contribution in [1.29, 1.82) is 0 Å². The van der Waals surface area contributed by atoms with Gasteiger partial charge in [-0.1, -0.05) is 17.7 Å². The second-order valence-electron chi connectivity index (χ2n) is 5.69. The van der Waals surface area contributed by atoms with E-state index in [0.29, 0.717) is 25.6 Å². The average Bonchev–Trinajstić information content (AvgIpc) is 2.61. The van der Waals surface area contributed by atoms with Gasteiger partial charge in [0.25, 0.3) is 10.1 Å². The third-order valence-corrected chi connectivity index (χ3v) is 5.45. The van der Waals surface area contributed by atoms with Crippen LogP contribution in [0.1, 0.15) is 5.56 Å². The van der Waals surface area contributed by atoms with Crippen molar-refractivity contribution in [2.75, 3.05) is 31.2 Å². The van der Waals surface area contributed by atoms with Crippen molar-refractivity contribution in [2.45, 2.75) is 17.9 Å². The van der Waals surface area contributed by atoms with Crippen LogP contribution in [-0.2, 0) is 19.0 Å². The number of halogens is 1. The molecule has 0 amide bonds. The van der Waals surface area contributed by atoms with Crippen molar-refractivity contribution in [1.82, 2.24) is 9.97 Å². The van der Waals surface area contributed by atoms with E-state index < -0.39 is 10.1 Å². The first-order valence-electron chi connectivity index (χ1n) is 7.74. The Hall–Kier alpha value is -1.55. The second-order valence-corrected chi connectivity index (χ2v) is 8.22. The van der Waals surface area contributed by atoms with Crippen molar-refractivity contribution in [3.05, 3.63) is 46.7 Å². The molecule has 1 aromatic heterocycles. The van der Waals surface area contributed by atoms with Gasteiger partial charge < -0.3 is 9.64 Å². The summed E-state index contributed by atoms with van der Waals surface area (Å²) in [6.07, 6.45) is 2.97. The molecule has 1 aliphatic rings. The summed E-state index contributed by atoms with van der Waals surface area (Å²) in [4.78, 5) is 10.6. The quantitative estimate of drug-likeness (QED) is 0.675. The molecule has 0 spiro atoms. The summed E-state index contributed by atoms with van der Waals surface area (Å²) in [5.41, 5.74) is 0.986. The molecule has 9 heteroatoms. The van der Waals surface area contributed by atoms with Crippen LogP contribution in [0.2, 0.25) is 0 Å². The first-order valence-corrected chi connectivity index (χ1v) is 9.94. The molecule has 25 heavy (non-hydrogen) atoms. The molecule has 0 unspecified atom stereocenters. The van der Waals surface area contributed by atoms with Crippen molar-refractivity contribution < 1.29 is 17.3 Å². The molecule has 7 nitrogen and oxygen atoms in total. The minimum Gasteiger partial charge on any atom is -0.372 e. The van der Waals surface area contributed by atoms with E-state index in [1.54, 1.807) is 24.5 Å². The minimum atomic E-state index is -3.80. The molecule has 134 valence electrons. The van der Waals surface area contributed by atoms with E-state index >= 15 is 0 Å². The van der Waals surface area contributed by atoms with Crippen molar-refractivity contribution in [3.63, 3.8) is 0 Å². The van der Waals surface area contributed by atoms with E-state index in [9.17, 15) is 8.42 Å².